The van der Waals surface area contributed by atoms with E-state index in [2.05, 4.69) is 45.5 Å². The Morgan fingerprint density at radius 2 is 2.13 bits per heavy atom. The lowest BCUT2D eigenvalue weighted by Gasteiger charge is -2.20. The van der Waals surface area contributed by atoms with E-state index in [0.717, 1.165) is 0 Å². The Kier molecular flexibility index (Phi) is 2.41. The number of thioether (sulfide) groups is 1. The summed E-state index contributed by atoms with van der Waals surface area (Å²) in [6, 6.07) is 6.27. The first kappa shape index (κ1) is 9.28. The van der Waals surface area contributed by atoms with Crippen LogP contribution in [0.2, 0.25) is 0 Å². The van der Waals surface area contributed by atoms with Crippen LogP contribution in [0.4, 0.5) is 0 Å². The van der Waals surface area contributed by atoms with Crippen LogP contribution in [0.15, 0.2) is 30.6 Å². The predicted molar refractivity (Wildman–Crippen MR) is 64.5 cm³/mol. The van der Waals surface area contributed by atoms with Crippen molar-refractivity contribution in [2.24, 2.45) is 0 Å². The molecule has 3 heteroatoms. The normalized spacial score (nSPS) is 18.4. The molecule has 0 spiro atoms. The molecule has 0 aliphatic carbocycles. The van der Waals surface area contributed by atoms with Gasteiger partial charge in [-0.05, 0) is 36.5 Å². The average Bonchev–Trinajstić information content (AvgIpc) is 2.74. The zero-order valence-electron chi connectivity index (χ0n) is 8.60. The van der Waals surface area contributed by atoms with Gasteiger partial charge in [-0.1, -0.05) is 6.07 Å². The second-order valence-corrected chi connectivity index (χ2v) is 5.22. The van der Waals surface area contributed by atoms with Crippen molar-refractivity contribution in [3.05, 3.63) is 36.4 Å². The molecule has 3 heterocycles. The molecule has 0 saturated carbocycles. The van der Waals surface area contributed by atoms with Gasteiger partial charge in [-0.15, -0.1) is 0 Å². The van der Waals surface area contributed by atoms with E-state index in [9.17, 15) is 0 Å². The first-order valence-corrected chi connectivity index (χ1v) is 6.60. The highest BCUT2D eigenvalue weighted by atomic mass is 32.2. The topological polar surface area (TPSA) is 17.3 Å². The first-order chi connectivity index (χ1) is 7.45. The molecule has 1 saturated heterocycles. The van der Waals surface area contributed by atoms with Gasteiger partial charge < -0.3 is 4.40 Å². The number of rotatable bonds is 1. The lowest BCUT2D eigenvalue weighted by Crippen LogP contribution is -2.11. The molecular formula is C12H14N2S. The Morgan fingerprint density at radius 3 is 3.00 bits per heavy atom. The first-order valence-electron chi connectivity index (χ1n) is 5.45. The monoisotopic (exact) mass is 218 g/mol. The Morgan fingerprint density at radius 1 is 1.27 bits per heavy atom. The number of pyridine rings is 1. The number of fused-ring (bicyclic) bond motifs is 1. The summed E-state index contributed by atoms with van der Waals surface area (Å²) < 4.78 is 2.24. The van der Waals surface area contributed by atoms with Crippen molar-refractivity contribution < 1.29 is 0 Å². The number of aromatic nitrogens is 2. The van der Waals surface area contributed by atoms with Gasteiger partial charge in [0.25, 0.3) is 0 Å². The van der Waals surface area contributed by atoms with Crippen molar-refractivity contribution >= 4 is 17.3 Å². The highest BCUT2D eigenvalue weighted by molar-refractivity contribution is 7.99. The maximum Gasteiger partial charge on any atom is 0.116 e. The molecule has 1 fully saturated rings. The van der Waals surface area contributed by atoms with Crippen molar-refractivity contribution in [1.82, 2.24) is 9.38 Å². The quantitative estimate of drug-likeness (QED) is 0.732. The smallest absolute Gasteiger partial charge is 0.116 e. The number of hydrogen-bond donors (Lipinski definition) is 0. The third-order valence-corrected chi connectivity index (χ3v) is 4.10. The van der Waals surface area contributed by atoms with Crippen LogP contribution in [0.3, 0.4) is 0 Å². The van der Waals surface area contributed by atoms with Crippen LogP contribution in [0.1, 0.15) is 24.6 Å². The second kappa shape index (κ2) is 3.89. The van der Waals surface area contributed by atoms with E-state index in [1.165, 1.54) is 35.7 Å². The van der Waals surface area contributed by atoms with Gasteiger partial charge in [0, 0.05) is 12.1 Å². The molecule has 0 unspecified atom stereocenters. The zero-order chi connectivity index (χ0) is 10.1. The maximum absolute atomic E-state index is 4.57. The summed E-state index contributed by atoms with van der Waals surface area (Å²) in [6.45, 7) is 0. The van der Waals surface area contributed by atoms with Gasteiger partial charge in [0.15, 0.2) is 0 Å². The highest BCUT2D eigenvalue weighted by Gasteiger charge is 2.19. The molecule has 78 valence electrons. The molecule has 0 aromatic carbocycles. The van der Waals surface area contributed by atoms with Crippen molar-refractivity contribution in [3.63, 3.8) is 0 Å². The Labute approximate surface area is 93.7 Å². The van der Waals surface area contributed by atoms with Crippen LogP contribution in [0, 0.1) is 0 Å². The standard InChI is InChI=1S/C12H14N2S/c1-2-6-14-11(3-1)9-13-12(14)10-4-7-15-8-5-10/h1-3,6,9-10H,4-5,7-8H2. The number of hydrogen-bond acceptors (Lipinski definition) is 2. The predicted octanol–water partition coefficient (Wildman–Crippen LogP) is 2.94. The molecule has 0 bridgehead atoms. The minimum atomic E-state index is 0.663. The number of imidazole rings is 1. The van der Waals surface area contributed by atoms with Gasteiger partial charge in [0.05, 0.1) is 11.7 Å². The van der Waals surface area contributed by atoms with Crippen LogP contribution in [0.25, 0.3) is 5.52 Å². The Balaban J connectivity index is 2.02. The Bertz CT molecular complexity index is 457. The molecule has 1 aliphatic heterocycles. The Hall–Kier alpha value is -0.960. The largest absolute Gasteiger partial charge is 0.304 e. The van der Waals surface area contributed by atoms with E-state index >= 15 is 0 Å². The molecule has 0 atom stereocenters. The minimum absolute atomic E-state index is 0.663. The van der Waals surface area contributed by atoms with Gasteiger partial charge >= 0.3 is 0 Å². The van der Waals surface area contributed by atoms with Gasteiger partial charge in [-0.25, -0.2) is 4.98 Å². The maximum atomic E-state index is 4.57. The molecule has 15 heavy (non-hydrogen) atoms. The van der Waals surface area contributed by atoms with E-state index in [-0.39, 0.29) is 0 Å². The molecule has 1 aliphatic rings. The fourth-order valence-electron chi connectivity index (χ4n) is 2.22. The summed E-state index contributed by atoms with van der Waals surface area (Å²) in [5, 5.41) is 0. The third kappa shape index (κ3) is 1.65. The molecule has 2 aromatic heterocycles. The lowest BCUT2D eigenvalue weighted by atomic mass is 10.0. The van der Waals surface area contributed by atoms with Gasteiger partial charge in [-0.3, -0.25) is 0 Å². The van der Waals surface area contributed by atoms with Crippen LogP contribution >= 0.6 is 11.8 Å². The summed E-state index contributed by atoms with van der Waals surface area (Å²) in [6.07, 6.45) is 6.66. The zero-order valence-corrected chi connectivity index (χ0v) is 9.41. The van der Waals surface area contributed by atoms with Crippen molar-refractivity contribution in [2.45, 2.75) is 18.8 Å². The van der Waals surface area contributed by atoms with Crippen LogP contribution in [-0.4, -0.2) is 20.9 Å². The van der Waals surface area contributed by atoms with Gasteiger partial charge in [0.1, 0.15) is 5.82 Å². The summed E-state index contributed by atoms with van der Waals surface area (Å²) in [5.74, 6) is 4.49. The summed E-state index contributed by atoms with van der Waals surface area (Å²) >= 11 is 2.06. The molecule has 0 amide bonds. The van der Waals surface area contributed by atoms with Gasteiger partial charge in [-0.2, -0.15) is 11.8 Å². The molecule has 0 radical (unpaired) electrons. The molecular weight excluding hydrogens is 204 g/mol. The SMILES string of the molecule is c1ccn2c(C3CCSCC3)ncc2c1. The lowest BCUT2D eigenvalue weighted by molar-refractivity contribution is 0.596. The van der Waals surface area contributed by atoms with Gasteiger partial charge in [0.2, 0.25) is 0 Å². The van der Waals surface area contributed by atoms with Crippen LogP contribution < -0.4 is 0 Å². The fourth-order valence-corrected chi connectivity index (χ4v) is 3.33. The van der Waals surface area contributed by atoms with E-state index in [1.807, 2.05) is 6.20 Å². The summed E-state index contributed by atoms with van der Waals surface area (Å²) in [4.78, 5) is 4.57. The van der Waals surface area contributed by atoms with E-state index in [4.69, 9.17) is 0 Å². The number of nitrogens with zero attached hydrogens (tertiary/aromatic N) is 2. The van der Waals surface area contributed by atoms with Crippen LogP contribution in [-0.2, 0) is 0 Å². The van der Waals surface area contributed by atoms with Crippen LogP contribution in [0.5, 0.6) is 0 Å². The minimum Gasteiger partial charge on any atom is -0.304 e. The summed E-state index contributed by atoms with van der Waals surface area (Å²) in [7, 11) is 0. The second-order valence-electron chi connectivity index (χ2n) is 4.00. The van der Waals surface area contributed by atoms with E-state index in [1.54, 1.807) is 0 Å². The fraction of sp³-hybridized carbons (Fsp3) is 0.417. The van der Waals surface area contributed by atoms with Crippen molar-refractivity contribution in [2.75, 3.05) is 11.5 Å². The molecule has 3 rings (SSSR count). The molecule has 0 N–H and O–H groups in total. The van der Waals surface area contributed by atoms with E-state index in [0.29, 0.717) is 5.92 Å². The third-order valence-electron chi connectivity index (χ3n) is 3.05. The summed E-state index contributed by atoms with van der Waals surface area (Å²) in [5.41, 5.74) is 1.21. The van der Waals surface area contributed by atoms with E-state index < -0.39 is 0 Å². The average molecular weight is 218 g/mol. The van der Waals surface area contributed by atoms with Crippen molar-refractivity contribution in [3.8, 4) is 0 Å². The molecule has 2 nitrogen and oxygen atoms in total. The molecule has 2 aromatic rings. The highest BCUT2D eigenvalue weighted by Crippen LogP contribution is 2.30. The van der Waals surface area contributed by atoms with Crippen molar-refractivity contribution in [1.29, 1.82) is 0 Å².